The van der Waals surface area contributed by atoms with Crippen LogP contribution in [-0.2, 0) is 44.8 Å². The van der Waals surface area contributed by atoms with Crippen LogP contribution in [0.4, 0.5) is 20.1 Å². The van der Waals surface area contributed by atoms with E-state index in [1.807, 2.05) is 20.8 Å². The number of halogens is 1. The number of ketones is 2. The van der Waals surface area contributed by atoms with Gasteiger partial charge in [0.05, 0.1) is 17.0 Å². The number of aliphatic hydroxyl groups is 1. The molecule has 0 radical (unpaired) electrons. The third kappa shape index (κ3) is 11.1. The van der Waals surface area contributed by atoms with Crippen LogP contribution in [0.2, 0.25) is 0 Å². The molecule has 6 amide bonds. The van der Waals surface area contributed by atoms with Gasteiger partial charge in [0.15, 0.2) is 18.0 Å². The van der Waals surface area contributed by atoms with Gasteiger partial charge in [0.1, 0.15) is 12.6 Å². The molecule has 8 N–H and O–H groups in total. The molecule has 380 valence electrons. The maximum atomic E-state index is 14.6. The molecular weight excluding hydrogens is 914 g/mol. The number of anilines is 1. The van der Waals surface area contributed by atoms with Crippen molar-refractivity contribution < 1.29 is 57.7 Å². The summed E-state index contributed by atoms with van der Waals surface area (Å²) in [6, 6.07) is 4.03. The number of nitrogens with zero attached hydrogens (tertiary/aromatic N) is 2. The highest BCUT2D eigenvalue weighted by atomic mass is 35.5. The van der Waals surface area contributed by atoms with Crippen LogP contribution in [-0.4, -0.2) is 131 Å². The number of likely N-dealkylation sites (N-methyl/N-ethyl adjacent to an activating group) is 2. The van der Waals surface area contributed by atoms with E-state index in [0.717, 1.165) is 5.57 Å². The number of allylic oxidation sites excluding steroid dienone is 4. The van der Waals surface area contributed by atoms with Gasteiger partial charge >= 0.3 is 24.2 Å². The molecule has 1 aromatic rings. The van der Waals surface area contributed by atoms with E-state index >= 15 is 0 Å². The lowest BCUT2D eigenvalue weighted by molar-refractivity contribution is -0.202. The van der Waals surface area contributed by atoms with Crippen molar-refractivity contribution >= 4 is 64.9 Å². The number of urea groups is 1. The smallest absolute Gasteiger partial charge is 0.409 e. The number of carbonyl (C=O) groups excluding carboxylic acids is 8. The summed E-state index contributed by atoms with van der Waals surface area (Å²) in [6.45, 7) is 10.3. The number of benzene rings is 1. The van der Waals surface area contributed by atoms with E-state index in [1.54, 1.807) is 57.2 Å². The summed E-state index contributed by atoms with van der Waals surface area (Å²) < 4.78 is 17.2. The van der Waals surface area contributed by atoms with Gasteiger partial charge in [0.2, 0.25) is 17.6 Å². The van der Waals surface area contributed by atoms with Gasteiger partial charge in [-0.1, -0.05) is 65.3 Å². The summed E-state index contributed by atoms with van der Waals surface area (Å²) in [6.07, 6.45) is 4.35. The van der Waals surface area contributed by atoms with Gasteiger partial charge in [-0.05, 0) is 86.1 Å². The first-order chi connectivity index (χ1) is 32.4. The summed E-state index contributed by atoms with van der Waals surface area (Å²) >= 11 is 7.61. The summed E-state index contributed by atoms with van der Waals surface area (Å²) in [7, 11) is 2.94. The van der Waals surface area contributed by atoms with Crippen molar-refractivity contribution in [2.45, 2.75) is 122 Å². The predicted molar refractivity (Wildman–Crippen MR) is 255 cm³/mol. The Morgan fingerprint density at radius 3 is 2.22 bits per heavy atom. The first-order valence-corrected chi connectivity index (χ1v) is 24.0. The Morgan fingerprint density at radius 2 is 1.61 bits per heavy atom. The molecule has 10 atom stereocenters. The molecule has 69 heavy (non-hydrogen) atoms. The number of rotatable bonds is 19. The quantitative estimate of drug-likeness (QED) is 0.0488. The van der Waals surface area contributed by atoms with Gasteiger partial charge in [-0.3, -0.25) is 24.0 Å². The first kappa shape index (κ1) is 54.4. The predicted octanol–water partition coefficient (Wildman–Crippen LogP) is 4.33. The topological polar surface area (TPSA) is 279 Å². The summed E-state index contributed by atoms with van der Waals surface area (Å²) in [5.74, 6) is -3.58. The van der Waals surface area contributed by atoms with Gasteiger partial charge < -0.3 is 56.5 Å². The van der Waals surface area contributed by atoms with Crippen molar-refractivity contribution in [1.29, 1.82) is 0 Å². The zero-order chi connectivity index (χ0) is 51.2. The molecule has 0 saturated heterocycles. The number of hydrogen-bond acceptors (Lipinski definition) is 13. The molecule has 3 fully saturated rings. The first-order valence-electron chi connectivity index (χ1n) is 23.7. The number of alkyl halides is 1. The van der Waals surface area contributed by atoms with Crippen molar-refractivity contribution in [2.24, 2.45) is 46.0 Å². The monoisotopic (exact) mass is 983 g/mol. The Labute approximate surface area is 408 Å². The number of nitrogens with one attached hydrogen (secondary N) is 3. The lowest BCUT2D eigenvalue weighted by atomic mass is 9.45. The maximum Gasteiger partial charge on any atom is 0.409 e. The number of carbonyl (C=O) groups is 8. The molecule has 20 heteroatoms. The minimum Gasteiger partial charge on any atom is -0.450 e. The fourth-order valence-electron chi connectivity index (χ4n) is 11.0. The van der Waals surface area contributed by atoms with Crippen molar-refractivity contribution in [3.05, 3.63) is 53.6 Å². The standard InChI is InChI=1S/C49H70ClN7O12/c1-9-39(61)69-49(29(4)23-35-34-17-14-31-24-33(58)18-19-46(31,5)48(34,50)37(59)25-47(35,49)6)38(60)27-68-45(66)57(8)22-21-56(7)44(65)67-26-30-12-15-32(16-13-30)54-41(62)36(11-10-20-53-43(52)64)55-42(63)40(51)28(2)3/h12-13,15-16,18-19,24,28-29,34-37,40,59H,9-11,14,17,20-23,25-27,51H2,1-8H3,(H,54,62)(H,55,63)(H3,52,53,64)/t29-,34-,35-,36-,37-,40-,46-,47-,48-,49-/m0/s1. The number of Topliss-reactive ketones (excluding diaryl/α,β-unsaturated/α-hetero) is 1. The second-order valence-corrected chi connectivity index (χ2v) is 20.4. The molecule has 4 aliphatic rings. The van der Waals surface area contributed by atoms with E-state index in [4.69, 9.17) is 37.3 Å². The zero-order valence-corrected chi connectivity index (χ0v) is 41.7. The summed E-state index contributed by atoms with van der Waals surface area (Å²) in [5.41, 5.74) is 9.34. The number of nitrogens with two attached hydrogens (primary N) is 2. The molecule has 5 rings (SSSR count). The van der Waals surface area contributed by atoms with E-state index in [-0.39, 0.29) is 69.0 Å². The van der Waals surface area contributed by atoms with Crippen molar-refractivity contribution in [2.75, 3.05) is 45.7 Å². The van der Waals surface area contributed by atoms with Crippen LogP contribution in [0.3, 0.4) is 0 Å². The molecule has 0 heterocycles. The highest BCUT2D eigenvalue weighted by molar-refractivity contribution is 6.26. The number of primary amides is 1. The van der Waals surface area contributed by atoms with Gasteiger partial charge in [0, 0.05) is 62.6 Å². The van der Waals surface area contributed by atoms with Crippen LogP contribution >= 0.6 is 11.6 Å². The average molecular weight is 985 g/mol. The lowest BCUT2D eigenvalue weighted by Crippen LogP contribution is -2.69. The second kappa shape index (κ2) is 22.0. The highest BCUT2D eigenvalue weighted by Crippen LogP contribution is 2.72. The normalized spacial score (nSPS) is 28.6. The fraction of sp³-hybridized carbons (Fsp3) is 0.633. The van der Waals surface area contributed by atoms with E-state index < -0.39 is 93.8 Å². The minimum absolute atomic E-state index is 0.00656. The Hall–Kier alpha value is -5.53. The van der Waals surface area contributed by atoms with Crippen LogP contribution in [0.1, 0.15) is 92.1 Å². The van der Waals surface area contributed by atoms with Crippen molar-refractivity contribution in [3.63, 3.8) is 0 Å². The lowest BCUT2D eigenvalue weighted by Gasteiger charge is -2.64. The molecular formula is C49H70ClN7O12. The van der Waals surface area contributed by atoms with Crippen LogP contribution in [0.15, 0.2) is 48.1 Å². The molecule has 0 unspecified atom stereocenters. The van der Waals surface area contributed by atoms with E-state index in [2.05, 4.69) is 16.0 Å². The third-order valence-corrected chi connectivity index (χ3v) is 16.0. The molecule has 19 nitrogen and oxygen atoms in total. The van der Waals surface area contributed by atoms with Crippen LogP contribution < -0.4 is 27.4 Å². The minimum atomic E-state index is -1.74. The van der Waals surface area contributed by atoms with E-state index in [9.17, 15) is 43.5 Å². The second-order valence-electron chi connectivity index (χ2n) is 19.8. The van der Waals surface area contributed by atoms with Crippen LogP contribution in [0.25, 0.3) is 0 Å². The largest absolute Gasteiger partial charge is 0.450 e. The number of hydrogen-bond donors (Lipinski definition) is 6. The number of aliphatic hydroxyl groups excluding tert-OH is 1. The Bertz CT molecular complexity index is 2210. The number of fused-ring (bicyclic) bond motifs is 5. The van der Waals surface area contributed by atoms with Gasteiger partial charge in [0.25, 0.3) is 0 Å². The third-order valence-electron chi connectivity index (χ3n) is 15.1. The number of amides is 6. The number of ether oxygens (including phenoxy) is 3. The molecule has 4 aliphatic carbocycles. The average Bonchev–Trinajstić information content (AvgIpc) is 3.52. The summed E-state index contributed by atoms with van der Waals surface area (Å²) in [4.78, 5) is 105. The molecule has 0 bridgehead atoms. The molecule has 1 aromatic carbocycles. The SMILES string of the molecule is CCC(=O)O[C@]1(C(=O)COC(=O)N(C)CCN(C)C(=O)OCc2ccc(NC(=O)[C@H](CCCNC(N)=O)NC(=O)[C@@H](N)C(C)C)cc2)[C@@H](C)C[C@H]2[C@@H]3CCC4=CC(=O)C=C[C@]4(C)[C@@]3(Cl)[C@@H](O)C[C@@]21C. The van der Waals surface area contributed by atoms with Crippen LogP contribution in [0, 0.1) is 34.5 Å². The van der Waals surface area contributed by atoms with Crippen molar-refractivity contribution in [1.82, 2.24) is 20.4 Å². The maximum absolute atomic E-state index is 14.6. The Morgan fingerprint density at radius 1 is 0.971 bits per heavy atom. The zero-order valence-electron chi connectivity index (χ0n) is 40.9. The molecule has 0 spiro atoms. The van der Waals surface area contributed by atoms with E-state index in [0.29, 0.717) is 36.9 Å². The van der Waals surface area contributed by atoms with Gasteiger partial charge in [-0.15, -0.1) is 11.6 Å². The van der Waals surface area contributed by atoms with Gasteiger partial charge in [-0.2, -0.15) is 0 Å². The van der Waals surface area contributed by atoms with Crippen LogP contribution in [0.5, 0.6) is 0 Å². The number of esters is 1. The molecule has 0 aliphatic heterocycles. The van der Waals surface area contributed by atoms with E-state index in [1.165, 1.54) is 30.0 Å². The Kier molecular flexibility index (Phi) is 17.4. The fourth-order valence-corrected chi connectivity index (χ4v) is 11.5. The molecule has 3 saturated carbocycles. The highest BCUT2D eigenvalue weighted by Gasteiger charge is 2.76. The summed E-state index contributed by atoms with van der Waals surface area (Å²) in [5, 5.41) is 20.0. The van der Waals surface area contributed by atoms with Gasteiger partial charge in [-0.25, -0.2) is 14.4 Å². The molecule has 0 aromatic heterocycles. The van der Waals surface area contributed by atoms with Crippen molar-refractivity contribution in [3.8, 4) is 0 Å². The Balaban J connectivity index is 1.14.